The van der Waals surface area contributed by atoms with Crippen molar-refractivity contribution in [3.8, 4) is 5.75 Å². The van der Waals surface area contributed by atoms with Crippen LogP contribution in [0.1, 0.15) is 24.9 Å². The molecular formula is C21H26N4O2. The summed E-state index contributed by atoms with van der Waals surface area (Å²) in [6.45, 7) is 3.55. The van der Waals surface area contributed by atoms with Gasteiger partial charge in [-0.05, 0) is 31.0 Å². The fourth-order valence-electron chi connectivity index (χ4n) is 3.07. The summed E-state index contributed by atoms with van der Waals surface area (Å²) in [4.78, 5) is 18.3. The van der Waals surface area contributed by atoms with E-state index in [4.69, 9.17) is 4.74 Å². The number of hydrogen-bond donors (Lipinski definition) is 2. The minimum atomic E-state index is -0.00564. The number of nitrogens with one attached hydrogen (secondary N) is 2. The van der Waals surface area contributed by atoms with E-state index in [0.717, 1.165) is 23.8 Å². The second-order valence-electron chi connectivity index (χ2n) is 6.43. The van der Waals surface area contributed by atoms with E-state index in [1.54, 1.807) is 11.9 Å². The number of amides is 1. The van der Waals surface area contributed by atoms with Crippen molar-refractivity contribution in [1.82, 2.24) is 10.6 Å². The highest BCUT2D eigenvalue weighted by Crippen LogP contribution is 2.31. The molecule has 1 aliphatic rings. The lowest BCUT2D eigenvalue weighted by molar-refractivity contribution is -0.121. The van der Waals surface area contributed by atoms with Crippen molar-refractivity contribution in [3.05, 3.63) is 60.2 Å². The van der Waals surface area contributed by atoms with E-state index in [-0.39, 0.29) is 18.6 Å². The van der Waals surface area contributed by atoms with Gasteiger partial charge in [0.05, 0.1) is 11.7 Å². The zero-order chi connectivity index (χ0) is 19.1. The molecule has 0 fully saturated rings. The Balaban J connectivity index is 1.48. The third-order valence-corrected chi connectivity index (χ3v) is 4.54. The van der Waals surface area contributed by atoms with Gasteiger partial charge in [0, 0.05) is 20.1 Å². The molecule has 1 heterocycles. The second-order valence-corrected chi connectivity index (χ2v) is 6.43. The van der Waals surface area contributed by atoms with Gasteiger partial charge < -0.3 is 20.3 Å². The van der Waals surface area contributed by atoms with Crippen LogP contribution in [-0.4, -0.2) is 38.6 Å². The Hall–Kier alpha value is -3.02. The molecule has 0 saturated heterocycles. The molecule has 1 atom stereocenters. The van der Waals surface area contributed by atoms with E-state index >= 15 is 0 Å². The molecule has 6 nitrogen and oxygen atoms in total. The number of anilines is 1. The van der Waals surface area contributed by atoms with E-state index in [1.807, 2.05) is 42.5 Å². The average Bonchev–Trinajstić information content (AvgIpc) is 2.72. The molecule has 27 heavy (non-hydrogen) atoms. The fraction of sp³-hybridized carbons (Fsp3) is 0.333. The Morgan fingerprint density at radius 1 is 1.19 bits per heavy atom. The first-order valence-corrected chi connectivity index (χ1v) is 9.23. The molecular weight excluding hydrogens is 340 g/mol. The van der Waals surface area contributed by atoms with Crippen LogP contribution < -0.4 is 20.3 Å². The number of aliphatic imine (C=N–C) groups is 1. The lowest BCUT2D eigenvalue weighted by Gasteiger charge is -2.29. The van der Waals surface area contributed by atoms with Gasteiger partial charge in [-0.2, -0.15) is 0 Å². The van der Waals surface area contributed by atoms with Gasteiger partial charge in [-0.3, -0.25) is 9.79 Å². The lowest BCUT2D eigenvalue weighted by atomic mass is 10.1. The molecule has 1 aliphatic heterocycles. The number of fused-ring (bicyclic) bond motifs is 1. The predicted molar refractivity (Wildman–Crippen MR) is 108 cm³/mol. The van der Waals surface area contributed by atoms with E-state index in [2.05, 4.69) is 34.7 Å². The monoisotopic (exact) mass is 366 g/mol. The van der Waals surface area contributed by atoms with Gasteiger partial charge >= 0.3 is 0 Å². The molecule has 2 N–H and O–H groups in total. The van der Waals surface area contributed by atoms with Gasteiger partial charge in [0.15, 0.2) is 12.6 Å². The molecule has 0 aliphatic carbocycles. The van der Waals surface area contributed by atoms with Crippen LogP contribution in [0, 0.1) is 0 Å². The van der Waals surface area contributed by atoms with Crippen molar-refractivity contribution in [2.24, 2.45) is 4.99 Å². The topological polar surface area (TPSA) is 66.0 Å². The van der Waals surface area contributed by atoms with E-state index in [1.165, 1.54) is 5.56 Å². The van der Waals surface area contributed by atoms with Gasteiger partial charge in [0.2, 0.25) is 0 Å². The Morgan fingerprint density at radius 2 is 1.93 bits per heavy atom. The van der Waals surface area contributed by atoms with Gasteiger partial charge in [-0.25, -0.2) is 0 Å². The summed E-state index contributed by atoms with van der Waals surface area (Å²) >= 11 is 0. The van der Waals surface area contributed by atoms with Crippen LogP contribution in [0.4, 0.5) is 5.69 Å². The molecule has 1 amide bonds. The maximum absolute atomic E-state index is 12.2. The number of nitrogens with zero attached hydrogens (tertiary/aromatic N) is 2. The Morgan fingerprint density at radius 3 is 2.70 bits per heavy atom. The highest BCUT2D eigenvalue weighted by molar-refractivity contribution is 5.97. The van der Waals surface area contributed by atoms with Crippen molar-refractivity contribution in [2.45, 2.75) is 19.4 Å². The van der Waals surface area contributed by atoms with Crippen molar-refractivity contribution in [1.29, 1.82) is 0 Å². The highest BCUT2D eigenvalue weighted by atomic mass is 16.5. The van der Waals surface area contributed by atoms with Crippen molar-refractivity contribution in [2.75, 3.05) is 31.6 Å². The van der Waals surface area contributed by atoms with Crippen molar-refractivity contribution in [3.63, 3.8) is 0 Å². The van der Waals surface area contributed by atoms with Crippen LogP contribution in [0.5, 0.6) is 5.75 Å². The fourth-order valence-corrected chi connectivity index (χ4v) is 3.07. The van der Waals surface area contributed by atoms with Crippen LogP contribution in [0.2, 0.25) is 0 Å². The van der Waals surface area contributed by atoms with E-state index < -0.39 is 0 Å². The van der Waals surface area contributed by atoms with Crippen molar-refractivity contribution >= 4 is 17.6 Å². The Bertz CT molecular complexity index is 792. The van der Waals surface area contributed by atoms with Gasteiger partial charge in [0.1, 0.15) is 5.75 Å². The molecule has 2 aromatic carbocycles. The normalized spacial score (nSPS) is 15.0. The molecule has 2 aromatic rings. The lowest BCUT2D eigenvalue weighted by Crippen LogP contribution is -2.42. The molecule has 0 saturated carbocycles. The van der Waals surface area contributed by atoms with Crippen LogP contribution in [0.3, 0.4) is 0 Å². The first-order valence-electron chi connectivity index (χ1n) is 9.23. The van der Waals surface area contributed by atoms with Gasteiger partial charge in [-0.15, -0.1) is 0 Å². The molecule has 0 radical (unpaired) electrons. The standard InChI is InChI=1S/C21H26N4O2/c1-16(17-9-4-3-5-10-17)24-21(22-2)23-13-8-14-25-18-11-6-7-12-19(18)27-15-20(25)26/h3-7,9-12,16H,8,13-15H2,1-2H3,(H2,22,23,24). The summed E-state index contributed by atoms with van der Waals surface area (Å²) in [6.07, 6.45) is 0.806. The largest absolute Gasteiger partial charge is 0.482 e. The summed E-state index contributed by atoms with van der Waals surface area (Å²) in [5, 5.41) is 6.70. The summed E-state index contributed by atoms with van der Waals surface area (Å²) in [5.74, 6) is 1.51. The Labute approximate surface area is 160 Å². The highest BCUT2D eigenvalue weighted by Gasteiger charge is 2.24. The number of guanidine groups is 1. The second kappa shape index (κ2) is 9.07. The molecule has 142 valence electrons. The maximum Gasteiger partial charge on any atom is 0.265 e. The maximum atomic E-state index is 12.2. The molecule has 6 heteroatoms. The van der Waals surface area contributed by atoms with Crippen LogP contribution in [0.15, 0.2) is 59.6 Å². The van der Waals surface area contributed by atoms with Crippen LogP contribution in [0.25, 0.3) is 0 Å². The summed E-state index contributed by atoms with van der Waals surface area (Å²) in [6, 6.07) is 18.0. The quantitative estimate of drug-likeness (QED) is 0.469. The first kappa shape index (κ1) is 18.8. The third-order valence-electron chi connectivity index (χ3n) is 4.54. The smallest absolute Gasteiger partial charge is 0.265 e. The van der Waals surface area contributed by atoms with Gasteiger partial charge in [0.25, 0.3) is 5.91 Å². The molecule has 0 spiro atoms. The zero-order valence-corrected chi connectivity index (χ0v) is 15.8. The molecule has 3 rings (SSSR count). The van der Waals surface area contributed by atoms with E-state index in [0.29, 0.717) is 13.1 Å². The third kappa shape index (κ3) is 4.78. The van der Waals surface area contributed by atoms with Crippen LogP contribution >= 0.6 is 0 Å². The molecule has 0 bridgehead atoms. The number of carbonyl (C=O) groups excluding carboxylic acids is 1. The van der Waals surface area contributed by atoms with Gasteiger partial charge in [-0.1, -0.05) is 42.5 Å². The SMILES string of the molecule is CN=C(NCCCN1C(=O)COc2ccccc21)NC(C)c1ccccc1. The molecule has 1 unspecified atom stereocenters. The van der Waals surface area contributed by atoms with Crippen LogP contribution in [-0.2, 0) is 4.79 Å². The zero-order valence-electron chi connectivity index (χ0n) is 15.8. The Kier molecular flexibility index (Phi) is 6.30. The summed E-state index contributed by atoms with van der Waals surface area (Å²) in [7, 11) is 1.76. The number of benzene rings is 2. The number of rotatable bonds is 6. The summed E-state index contributed by atoms with van der Waals surface area (Å²) in [5.41, 5.74) is 2.05. The first-order chi connectivity index (χ1) is 13.2. The minimum absolute atomic E-state index is 0.00564. The summed E-state index contributed by atoms with van der Waals surface area (Å²) < 4.78 is 5.48. The predicted octanol–water partition coefficient (Wildman–Crippen LogP) is 2.73. The van der Waals surface area contributed by atoms with E-state index in [9.17, 15) is 4.79 Å². The van der Waals surface area contributed by atoms with Crippen molar-refractivity contribution < 1.29 is 9.53 Å². The molecule has 0 aromatic heterocycles. The number of carbonyl (C=O) groups is 1. The number of para-hydroxylation sites is 2. The minimum Gasteiger partial charge on any atom is -0.482 e. The average molecular weight is 366 g/mol. The number of hydrogen-bond acceptors (Lipinski definition) is 3. The number of ether oxygens (including phenoxy) is 1.